The van der Waals surface area contributed by atoms with Crippen LogP contribution in [0.15, 0.2) is 48.5 Å². The van der Waals surface area contributed by atoms with Crippen LogP contribution < -0.4 is 21.3 Å². The summed E-state index contributed by atoms with van der Waals surface area (Å²) in [6, 6.07) is 14.0. The van der Waals surface area contributed by atoms with Gasteiger partial charge in [0.2, 0.25) is 5.91 Å². The zero-order valence-corrected chi connectivity index (χ0v) is 17.9. The molecule has 0 aliphatic carbocycles. The zero-order valence-electron chi connectivity index (χ0n) is 17.9. The lowest BCUT2D eigenvalue weighted by atomic mass is 9.97. The van der Waals surface area contributed by atoms with Gasteiger partial charge in [0.1, 0.15) is 0 Å². The molecule has 164 valence electrons. The lowest BCUT2D eigenvalue weighted by Crippen LogP contribution is -2.46. The Morgan fingerprint density at radius 3 is 2.00 bits per heavy atom. The van der Waals surface area contributed by atoms with Crippen molar-refractivity contribution in [2.24, 2.45) is 5.92 Å². The number of benzene rings is 2. The van der Waals surface area contributed by atoms with Crippen molar-refractivity contribution in [3.8, 4) is 0 Å². The Labute approximate surface area is 182 Å². The smallest absolute Gasteiger partial charge is 0.323 e. The summed E-state index contributed by atoms with van der Waals surface area (Å²) in [5, 5.41) is 11.1. The number of aryl methyl sites for hydroxylation is 1. The molecule has 0 unspecified atom stereocenters. The van der Waals surface area contributed by atoms with Crippen LogP contribution in [-0.4, -0.2) is 43.0 Å². The van der Waals surface area contributed by atoms with Gasteiger partial charge in [-0.3, -0.25) is 4.79 Å². The molecular formula is C23H29N5O3. The molecule has 8 heteroatoms. The fourth-order valence-corrected chi connectivity index (χ4v) is 3.54. The molecule has 0 bridgehead atoms. The highest BCUT2D eigenvalue weighted by Crippen LogP contribution is 2.19. The van der Waals surface area contributed by atoms with Gasteiger partial charge in [-0.2, -0.15) is 0 Å². The van der Waals surface area contributed by atoms with E-state index in [4.69, 9.17) is 0 Å². The summed E-state index contributed by atoms with van der Waals surface area (Å²) >= 11 is 0. The van der Waals surface area contributed by atoms with E-state index in [2.05, 4.69) is 28.2 Å². The molecule has 1 aliphatic rings. The van der Waals surface area contributed by atoms with Gasteiger partial charge in [0, 0.05) is 37.2 Å². The van der Waals surface area contributed by atoms with Crippen LogP contribution in [0, 0.1) is 5.92 Å². The molecule has 8 nitrogen and oxygen atoms in total. The van der Waals surface area contributed by atoms with Crippen molar-refractivity contribution in [2.75, 3.05) is 36.1 Å². The summed E-state index contributed by atoms with van der Waals surface area (Å²) in [5.41, 5.74) is 3.15. The number of amides is 5. The van der Waals surface area contributed by atoms with Crippen molar-refractivity contribution in [1.29, 1.82) is 0 Å². The van der Waals surface area contributed by atoms with Crippen LogP contribution >= 0.6 is 0 Å². The van der Waals surface area contributed by atoms with Gasteiger partial charge in [-0.25, -0.2) is 9.59 Å². The summed E-state index contributed by atoms with van der Waals surface area (Å²) < 4.78 is 0. The normalized spacial score (nSPS) is 15.7. The standard InChI is InChI=1S/C23H29N5O3/c1-3-16-6-8-18(9-7-16)25-22(30)26-19-10-12-20(13-11-19)27-23(31)28-14-4-5-17(15-28)21(29)24-2/h6-13,17H,3-5,14-15H2,1-2H3,(H,24,29)(H,27,31)(H2,25,26,30)/t17-/m0/s1. The topological polar surface area (TPSA) is 103 Å². The minimum atomic E-state index is -0.338. The van der Waals surface area contributed by atoms with E-state index in [1.807, 2.05) is 24.3 Å². The Hall–Kier alpha value is -3.55. The SMILES string of the molecule is CCc1ccc(NC(=O)Nc2ccc(NC(=O)N3CCC[C@H](C(=O)NC)C3)cc2)cc1. The van der Waals surface area contributed by atoms with Gasteiger partial charge in [0.15, 0.2) is 0 Å². The first-order chi connectivity index (χ1) is 15.0. The summed E-state index contributed by atoms with van der Waals surface area (Å²) in [6.45, 7) is 3.11. The van der Waals surface area contributed by atoms with Gasteiger partial charge < -0.3 is 26.2 Å². The molecule has 1 saturated heterocycles. The highest BCUT2D eigenvalue weighted by Gasteiger charge is 2.27. The minimum Gasteiger partial charge on any atom is -0.359 e. The van der Waals surface area contributed by atoms with Gasteiger partial charge in [0.05, 0.1) is 5.92 Å². The van der Waals surface area contributed by atoms with Crippen molar-refractivity contribution in [1.82, 2.24) is 10.2 Å². The number of likely N-dealkylation sites (tertiary alicyclic amines) is 1. The molecule has 1 fully saturated rings. The van der Waals surface area contributed by atoms with Crippen LogP contribution in [0.25, 0.3) is 0 Å². The molecular weight excluding hydrogens is 394 g/mol. The van der Waals surface area contributed by atoms with Gasteiger partial charge in [-0.15, -0.1) is 0 Å². The molecule has 0 spiro atoms. The predicted molar refractivity (Wildman–Crippen MR) is 122 cm³/mol. The Balaban J connectivity index is 1.50. The number of piperidine rings is 1. The summed E-state index contributed by atoms with van der Waals surface area (Å²) in [4.78, 5) is 38.2. The fraction of sp³-hybridized carbons (Fsp3) is 0.348. The van der Waals surface area contributed by atoms with Crippen LogP contribution in [0.3, 0.4) is 0 Å². The lowest BCUT2D eigenvalue weighted by molar-refractivity contribution is -0.125. The van der Waals surface area contributed by atoms with E-state index in [1.54, 1.807) is 36.2 Å². The van der Waals surface area contributed by atoms with E-state index in [9.17, 15) is 14.4 Å². The maximum Gasteiger partial charge on any atom is 0.323 e. The highest BCUT2D eigenvalue weighted by molar-refractivity contribution is 6.00. The summed E-state index contributed by atoms with van der Waals surface area (Å²) in [5.74, 6) is -0.208. The molecule has 0 saturated carbocycles. The van der Waals surface area contributed by atoms with E-state index >= 15 is 0 Å². The number of hydrogen-bond donors (Lipinski definition) is 4. The second-order valence-corrected chi connectivity index (χ2v) is 7.54. The number of carbonyl (C=O) groups is 3. The Bertz CT molecular complexity index is 912. The lowest BCUT2D eigenvalue weighted by Gasteiger charge is -2.31. The van der Waals surface area contributed by atoms with E-state index in [-0.39, 0.29) is 23.9 Å². The molecule has 1 heterocycles. The molecule has 2 aromatic rings. The molecule has 3 rings (SSSR count). The van der Waals surface area contributed by atoms with E-state index in [1.165, 1.54) is 5.56 Å². The predicted octanol–water partition coefficient (Wildman–Crippen LogP) is 3.88. The molecule has 31 heavy (non-hydrogen) atoms. The number of anilines is 3. The third kappa shape index (κ3) is 6.21. The van der Waals surface area contributed by atoms with Crippen molar-refractivity contribution in [2.45, 2.75) is 26.2 Å². The Morgan fingerprint density at radius 2 is 1.45 bits per heavy atom. The molecule has 1 aliphatic heterocycles. The zero-order chi connectivity index (χ0) is 22.2. The number of rotatable bonds is 5. The molecule has 4 N–H and O–H groups in total. The maximum atomic E-state index is 12.5. The monoisotopic (exact) mass is 423 g/mol. The van der Waals surface area contributed by atoms with Crippen molar-refractivity contribution in [3.05, 3.63) is 54.1 Å². The van der Waals surface area contributed by atoms with Crippen molar-refractivity contribution >= 4 is 35.0 Å². The first kappa shape index (κ1) is 22.1. The number of hydrogen-bond acceptors (Lipinski definition) is 3. The Kier molecular flexibility index (Phi) is 7.48. The van der Waals surface area contributed by atoms with Crippen LogP contribution in [0.5, 0.6) is 0 Å². The van der Waals surface area contributed by atoms with Gasteiger partial charge in [-0.1, -0.05) is 19.1 Å². The first-order valence-corrected chi connectivity index (χ1v) is 10.5. The van der Waals surface area contributed by atoms with Crippen molar-refractivity contribution < 1.29 is 14.4 Å². The Morgan fingerprint density at radius 1 is 0.903 bits per heavy atom. The summed E-state index contributed by atoms with van der Waals surface area (Å²) in [7, 11) is 1.61. The third-order valence-corrected chi connectivity index (χ3v) is 5.34. The van der Waals surface area contributed by atoms with Gasteiger partial charge in [-0.05, 0) is 61.2 Å². The second-order valence-electron chi connectivity index (χ2n) is 7.54. The van der Waals surface area contributed by atoms with Crippen LogP contribution in [0.2, 0.25) is 0 Å². The molecule has 2 aromatic carbocycles. The number of nitrogens with zero attached hydrogens (tertiary/aromatic N) is 1. The highest BCUT2D eigenvalue weighted by atomic mass is 16.2. The summed E-state index contributed by atoms with van der Waals surface area (Å²) in [6.07, 6.45) is 2.53. The number of urea groups is 2. The molecule has 0 aromatic heterocycles. The van der Waals surface area contributed by atoms with E-state index in [0.29, 0.717) is 24.5 Å². The van der Waals surface area contributed by atoms with Gasteiger partial charge in [0.25, 0.3) is 0 Å². The number of carbonyl (C=O) groups excluding carboxylic acids is 3. The average Bonchev–Trinajstić information content (AvgIpc) is 2.80. The first-order valence-electron chi connectivity index (χ1n) is 10.5. The fourth-order valence-electron chi connectivity index (χ4n) is 3.54. The van der Waals surface area contributed by atoms with E-state index < -0.39 is 0 Å². The van der Waals surface area contributed by atoms with Crippen LogP contribution in [0.1, 0.15) is 25.3 Å². The minimum absolute atomic E-state index is 0.0347. The maximum absolute atomic E-state index is 12.5. The van der Waals surface area contributed by atoms with Crippen molar-refractivity contribution in [3.63, 3.8) is 0 Å². The third-order valence-electron chi connectivity index (χ3n) is 5.34. The molecule has 5 amide bonds. The largest absolute Gasteiger partial charge is 0.359 e. The average molecular weight is 424 g/mol. The van der Waals surface area contributed by atoms with Crippen LogP contribution in [0.4, 0.5) is 26.7 Å². The number of nitrogens with one attached hydrogen (secondary N) is 4. The second kappa shape index (κ2) is 10.5. The van der Waals surface area contributed by atoms with Gasteiger partial charge >= 0.3 is 12.1 Å². The quantitative estimate of drug-likeness (QED) is 0.587. The molecule has 0 radical (unpaired) electrons. The molecule has 1 atom stereocenters. The van der Waals surface area contributed by atoms with E-state index in [0.717, 1.165) is 24.9 Å². The van der Waals surface area contributed by atoms with Crippen LogP contribution in [-0.2, 0) is 11.2 Å².